The van der Waals surface area contributed by atoms with Crippen molar-refractivity contribution in [3.05, 3.63) is 48.0 Å². The first-order chi connectivity index (χ1) is 13.8. The molecule has 4 N–H and O–H groups in total. The van der Waals surface area contributed by atoms with Gasteiger partial charge in [-0.25, -0.2) is 27.4 Å². The van der Waals surface area contributed by atoms with Gasteiger partial charge in [0, 0.05) is 12.4 Å². The number of nitrogens with two attached hydrogens (primary N) is 1. The number of nitrogens with one attached hydrogen (secondary N) is 1. The fraction of sp³-hybridized carbons (Fsp3) is 0.133. The van der Waals surface area contributed by atoms with Gasteiger partial charge in [-0.3, -0.25) is 9.78 Å². The van der Waals surface area contributed by atoms with Gasteiger partial charge in [0.05, 0.1) is 6.20 Å². The maximum atomic E-state index is 12.4. The molecule has 0 saturated carbocycles. The Morgan fingerprint density at radius 2 is 1.90 bits per heavy atom. The molecule has 0 fully saturated rings. The molecule has 0 aromatic carbocycles. The number of nitrogen functional groups attached to an aromatic ring is 1. The molecule has 3 rings (SSSR count). The molecule has 0 saturated heterocycles. The summed E-state index contributed by atoms with van der Waals surface area (Å²) >= 11 is 0. The quantitative estimate of drug-likeness (QED) is 0.526. The molecule has 0 bridgehead atoms. The molecule has 0 spiro atoms. The molecule has 15 heteroatoms. The topological polar surface area (TPSA) is 170 Å². The lowest BCUT2D eigenvalue weighted by molar-refractivity contribution is -0.192. The Kier molecular flexibility index (Phi) is 6.25. The molecule has 1 amide bonds. The van der Waals surface area contributed by atoms with Crippen molar-refractivity contribution in [2.45, 2.75) is 18.0 Å². The molecular formula is C15H13F3N6O5S. The zero-order valence-corrected chi connectivity index (χ0v) is 15.8. The van der Waals surface area contributed by atoms with Gasteiger partial charge in [0.2, 0.25) is 0 Å². The average molecular weight is 446 g/mol. The van der Waals surface area contributed by atoms with Crippen LogP contribution in [0.1, 0.15) is 16.1 Å². The summed E-state index contributed by atoms with van der Waals surface area (Å²) in [5, 5.41) is 11.0. The zero-order valence-electron chi connectivity index (χ0n) is 15.0. The molecule has 11 nitrogen and oxygen atoms in total. The lowest BCUT2D eigenvalue weighted by Gasteiger charge is -2.06. The Labute approximate surface area is 166 Å². The molecule has 30 heavy (non-hydrogen) atoms. The third-order valence-electron chi connectivity index (χ3n) is 3.34. The fourth-order valence-electron chi connectivity index (χ4n) is 2.00. The minimum absolute atomic E-state index is 0.0278. The van der Waals surface area contributed by atoms with Crippen LogP contribution in [-0.2, 0) is 14.8 Å². The van der Waals surface area contributed by atoms with E-state index in [2.05, 4.69) is 15.1 Å². The smallest absolute Gasteiger partial charge is 0.475 e. The van der Waals surface area contributed by atoms with Gasteiger partial charge in [0.1, 0.15) is 11.5 Å². The molecule has 3 heterocycles. The minimum Gasteiger partial charge on any atom is -0.475 e. The maximum absolute atomic E-state index is 12.4. The van der Waals surface area contributed by atoms with Crippen molar-refractivity contribution in [2.75, 3.05) is 5.73 Å². The number of hydrogen-bond acceptors (Lipinski definition) is 8. The average Bonchev–Trinajstić information content (AvgIpc) is 3.05. The summed E-state index contributed by atoms with van der Waals surface area (Å²) in [7, 11) is -4.17. The number of carboxylic acids is 1. The Morgan fingerprint density at radius 1 is 1.27 bits per heavy atom. The molecular weight excluding hydrogens is 433 g/mol. The monoisotopic (exact) mass is 446 g/mol. The summed E-state index contributed by atoms with van der Waals surface area (Å²) in [5.41, 5.74) is 6.18. The van der Waals surface area contributed by atoms with E-state index in [0.29, 0.717) is 5.56 Å². The van der Waals surface area contributed by atoms with Crippen molar-refractivity contribution in [2.24, 2.45) is 0 Å². The largest absolute Gasteiger partial charge is 0.490 e. The zero-order chi connectivity index (χ0) is 22.7. The molecule has 3 aromatic rings. The van der Waals surface area contributed by atoms with Crippen molar-refractivity contribution in [1.29, 1.82) is 0 Å². The molecule has 0 radical (unpaired) electrons. The van der Waals surface area contributed by atoms with E-state index in [1.807, 2.05) is 4.72 Å². The van der Waals surface area contributed by atoms with Crippen LogP contribution in [0.25, 0.3) is 5.65 Å². The highest BCUT2D eigenvalue weighted by atomic mass is 32.2. The highest BCUT2D eigenvalue weighted by molar-refractivity contribution is 7.90. The number of alkyl halides is 3. The van der Waals surface area contributed by atoms with Crippen LogP contribution in [0.15, 0.2) is 41.7 Å². The van der Waals surface area contributed by atoms with Gasteiger partial charge in [0.15, 0.2) is 10.5 Å². The number of hydrogen-bond donors (Lipinski definition) is 3. The van der Waals surface area contributed by atoms with Gasteiger partial charge in [-0.15, -0.1) is 0 Å². The second-order valence-corrected chi connectivity index (χ2v) is 7.19. The molecule has 0 atom stereocenters. The summed E-state index contributed by atoms with van der Waals surface area (Å²) in [4.78, 5) is 28.6. The molecule has 0 aliphatic carbocycles. The number of aromatic nitrogens is 4. The molecule has 160 valence electrons. The van der Waals surface area contributed by atoms with E-state index in [1.165, 1.54) is 23.0 Å². The predicted octanol–water partition coefficient (Wildman–Crippen LogP) is 0.767. The van der Waals surface area contributed by atoms with E-state index >= 15 is 0 Å². The van der Waals surface area contributed by atoms with E-state index < -0.39 is 28.1 Å². The van der Waals surface area contributed by atoms with Crippen LogP contribution in [0.4, 0.5) is 19.0 Å². The maximum Gasteiger partial charge on any atom is 0.490 e. The van der Waals surface area contributed by atoms with E-state index in [9.17, 15) is 26.4 Å². The number of fused-ring (bicyclic) bond motifs is 1. The van der Waals surface area contributed by atoms with Crippen molar-refractivity contribution < 1.29 is 36.3 Å². The number of carboxylic acid groups (broad SMARTS) is 1. The number of aryl methyl sites for hydroxylation is 1. The number of halogens is 3. The van der Waals surface area contributed by atoms with Crippen LogP contribution in [-0.4, -0.2) is 51.2 Å². The minimum atomic E-state index is -5.08. The van der Waals surface area contributed by atoms with Crippen LogP contribution in [0.5, 0.6) is 0 Å². The SMILES string of the molecule is Cc1cccnc1C(=O)NS(=O)(=O)c1cnn2ccc(N)nc12.O=C(O)C(F)(F)F. The van der Waals surface area contributed by atoms with Crippen molar-refractivity contribution in [3.8, 4) is 0 Å². The normalized spacial score (nSPS) is 11.5. The van der Waals surface area contributed by atoms with Gasteiger partial charge < -0.3 is 10.8 Å². The highest BCUT2D eigenvalue weighted by Crippen LogP contribution is 2.16. The molecule has 0 unspecified atom stereocenters. The van der Waals surface area contributed by atoms with Crippen LogP contribution in [0.3, 0.4) is 0 Å². The van der Waals surface area contributed by atoms with E-state index in [-0.39, 0.29) is 22.1 Å². The summed E-state index contributed by atoms with van der Waals surface area (Å²) in [6, 6.07) is 4.79. The number of carbonyl (C=O) groups excluding carboxylic acids is 1. The summed E-state index contributed by atoms with van der Waals surface area (Å²) < 4.78 is 59.8. The summed E-state index contributed by atoms with van der Waals surface area (Å²) in [6.45, 7) is 1.66. The lowest BCUT2D eigenvalue weighted by Crippen LogP contribution is -2.31. The van der Waals surface area contributed by atoms with Crippen LogP contribution < -0.4 is 10.5 Å². The van der Waals surface area contributed by atoms with Gasteiger partial charge >= 0.3 is 12.1 Å². The Morgan fingerprint density at radius 3 is 2.47 bits per heavy atom. The van der Waals surface area contributed by atoms with E-state index in [0.717, 1.165) is 6.20 Å². The predicted molar refractivity (Wildman–Crippen MR) is 94.7 cm³/mol. The summed E-state index contributed by atoms with van der Waals surface area (Å²) in [5.74, 6) is -3.44. The third-order valence-corrected chi connectivity index (χ3v) is 4.66. The Balaban J connectivity index is 0.000000396. The van der Waals surface area contributed by atoms with Crippen molar-refractivity contribution in [1.82, 2.24) is 24.3 Å². The number of amides is 1. The Hall–Kier alpha value is -3.75. The third kappa shape index (κ3) is 5.19. The van der Waals surface area contributed by atoms with Gasteiger partial charge in [-0.2, -0.15) is 18.3 Å². The number of carbonyl (C=O) groups is 2. The molecule has 0 aliphatic heterocycles. The number of aliphatic carboxylic acids is 1. The molecule has 3 aromatic heterocycles. The van der Waals surface area contributed by atoms with E-state index in [1.54, 1.807) is 19.1 Å². The lowest BCUT2D eigenvalue weighted by atomic mass is 10.2. The fourth-order valence-corrected chi connectivity index (χ4v) is 3.02. The van der Waals surface area contributed by atoms with Crippen molar-refractivity contribution in [3.63, 3.8) is 0 Å². The van der Waals surface area contributed by atoms with Gasteiger partial charge in [-0.05, 0) is 24.6 Å². The van der Waals surface area contributed by atoms with Gasteiger partial charge in [-0.1, -0.05) is 6.07 Å². The van der Waals surface area contributed by atoms with Crippen LogP contribution in [0, 0.1) is 6.92 Å². The Bertz CT molecular complexity index is 1210. The highest BCUT2D eigenvalue weighted by Gasteiger charge is 2.38. The first kappa shape index (κ1) is 22.5. The van der Waals surface area contributed by atoms with Crippen LogP contribution in [0.2, 0.25) is 0 Å². The standard InChI is InChI=1S/C13H12N6O3S.C2HF3O2/c1-8-3-2-5-15-11(8)13(20)18-23(21,22)9-7-16-19-6-4-10(14)17-12(9)19;3-2(4,5)1(6)7/h2-7H,1H3,(H2,14,17)(H,18,20);(H,6,7). The number of nitrogens with zero attached hydrogens (tertiary/aromatic N) is 4. The van der Waals surface area contributed by atoms with Crippen LogP contribution >= 0.6 is 0 Å². The number of rotatable bonds is 3. The number of pyridine rings is 1. The van der Waals surface area contributed by atoms with Crippen molar-refractivity contribution >= 4 is 33.4 Å². The first-order valence-electron chi connectivity index (χ1n) is 7.71. The second kappa shape index (κ2) is 8.32. The first-order valence-corrected chi connectivity index (χ1v) is 9.20. The molecule has 0 aliphatic rings. The summed E-state index contributed by atoms with van der Waals surface area (Å²) in [6.07, 6.45) is -1.10. The number of sulfonamides is 1. The van der Waals surface area contributed by atoms with E-state index in [4.69, 9.17) is 15.6 Å². The number of anilines is 1. The van der Waals surface area contributed by atoms with Gasteiger partial charge in [0.25, 0.3) is 15.9 Å². The second-order valence-electron chi connectivity index (χ2n) is 5.54.